The van der Waals surface area contributed by atoms with Crippen molar-refractivity contribution in [2.75, 3.05) is 19.5 Å². The number of nitrogens with zero attached hydrogens (tertiary/aromatic N) is 3. The van der Waals surface area contributed by atoms with Gasteiger partial charge in [-0.3, -0.25) is 19.1 Å². The van der Waals surface area contributed by atoms with Crippen LogP contribution in [0, 0.1) is 25.5 Å². The van der Waals surface area contributed by atoms with Gasteiger partial charge in [0, 0.05) is 35.8 Å². The number of carbonyl (C=O) groups excluding carboxylic acids is 1. The van der Waals surface area contributed by atoms with Gasteiger partial charge in [-0.15, -0.1) is 0 Å². The standard InChI is InChI=1S/C30H24F2N4O5/c1-16-13-18(31)6-9-23(16)36-17(2)5-8-20(30(36)38)28(37)34-19-7-10-24(21(32)14-19)41-25-11-12-33-22-15-26(39-3)29(40-4)35-27(22)25/h5-15H,1-4H3,(H,34,37). The number of nitrogens with one attached hydrogen (secondary N) is 1. The van der Waals surface area contributed by atoms with Crippen molar-refractivity contribution in [2.24, 2.45) is 0 Å². The number of rotatable bonds is 7. The van der Waals surface area contributed by atoms with E-state index in [1.165, 1.54) is 67.4 Å². The van der Waals surface area contributed by atoms with Gasteiger partial charge in [-0.1, -0.05) is 0 Å². The summed E-state index contributed by atoms with van der Waals surface area (Å²) in [6.07, 6.45) is 1.49. The number of ether oxygens (including phenoxy) is 3. The van der Waals surface area contributed by atoms with Crippen molar-refractivity contribution in [2.45, 2.75) is 13.8 Å². The second-order valence-corrected chi connectivity index (χ2v) is 9.04. The van der Waals surface area contributed by atoms with E-state index in [9.17, 15) is 14.0 Å². The number of benzene rings is 2. The summed E-state index contributed by atoms with van der Waals surface area (Å²) in [6, 6.07) is 14.0. The zero-order valence-corrected chi connectivity index (χ0v) is 22.5. The Morgan fingerprint density at radius 2 is 1.71 bits per heavy atom. The number of hydrogen-bond acceptors (Lipinski definition) is 7. The fourth-order valence-electron chi connectivity index (χ4n) is 4.34. The van der Waals surface area contributed by atoms with Crippen LogP contribution in [0.4, 0.5) is 14.5 Å². The molecule has 0 radical (unpaired) electrons. The molecule has 2 aromatic carbocycles. The van der Waals surface area contributed by atoms with Crippen LogP contribution in [0.3, 0.4) is 0 Å². The van der Waals surface area contributed by atoms with Gasteiger partial charge in [0.25, 0.3) is 17.3 Å². The summed E-state index contributed by atoms with van der Waals surface area (Å²) in [5, 5.41) is 2.55. The molecule has 11 heteroatoms. The summed E-state index contributed by atoms with van der Waals surface area (Å²) >= 11 is 0. The van der Waals surface area contributed by atoms with Gasteiger partial charge >= 0.3 is 0 Å². The number of fused-ring (bicyclic) bond motifs is 1. The maximum atomic E-state index is 15.1. The molecule has 0 saturated carbocycles. The van der Waals surface area contributed by atoms with Crippen LogP contribution >= 0.6 is 0 Å². The number of anilines is 1. The zero-order chi connectivity index (χ0) is 29.3. The first-order valence-electron chi connectivity index (χ1n) is 12.4. The van der Waals surface area contributed by atoms with E-state index in [-0.39, 0.29) is 28.6 Å². The van der Waals surface area contributed by atoms with Crippen molar-refractivity contribution in [1.82, 2.24) is 14.5 Å². The number of methoxy groups -OCH3 is 2. The Kier molecular flexibility index (Phi) is 7.34. The van der Waals surface area contributed by atoms with Crippen molar-refractivity contribution in [3.8, 4) is 28.8 Å². The molecule has 0 aliphatic heterocycles. The minimum absolute atomic E-state index is 0.105. The molecule has 41 heavy (non-hydrogen) atoms. The van der Waals surface area contributed by atoms with Crippen LogP contribution in [0.1, 0.15) is 21.6 Å². The lowest BCUT2D eigenvalue weighted by atomic mass is 10.1. The second kappa shape index (κ2) is 11.0. The van der Waals surface area contributed by atoms with Crippen LogP contribution in [0.25, 0.3) is 16.7 Å². The minimum Gasteiger partial charge on any atom is -0.491 e. The molecule has 5 rings (SSSR count). The largest absolute Gasteiger partial charge is 0.491 e. The molecular weight excluding hydrogens is 534 g/mol. The molecule has 0 atom stereocenters. The van der Waals surface area contributed by atoms with Crippen LogP contribution in [0.2, 0.25) is 0 Å². The van der Waals surface area contributed by atoms with Gasteiger partial charge in [-0.2, -0.15) is 0 Å². The molecule has 5 aromatic rings. The fourth-order valence-corrected chi connectivity index (χ4v) is 4.34. The number of halogens is 2. The second-order valence-electron chi connectivity index (χ2n) is 9.04. The molecule has 3 aromatic heterocycles. The fraction of sp³-hybridized carbons (Fsp3) is 0.133. The first kappa shape index (κ1) is 27.3. The molecule has 0 bridgehead atoms. The quantitative estimate of drug-likeness (QED) is 0.272. The highest BCUT2D eigenvalue weighted by Crippen LogP contribution is 2.35. The molecule has 208 valence electrons. The molecule has 0 aliphatic carbocycles. The Labute approximate surface area is 233 Å². The predicted octanol–water partition coefficient (Wildman–Crippen LogP) is 5.74. The Morgan fingerprint density at radius 1 is 0.902 bits per heavy atom. The molecule has 1 N–H and O–H groups in total. The normalized spacial score (nSPS) is 10.9. The lowest BCUT2D eigenvalue weighted by molar-refractivity contribution is 0.102. The average Bonchev–Trinajstić information content (AvgIpc) is 2.94. The molecule has 0 saturated heterocycles. The van der Waals surface area contributed by atoms with E-state index in [2.05, 4.69) is 15.3 Å². The van der Waals surface area contributed by atoms with Gasteiger partial charge in [-0.25, -0.2) is 13.8 Å². The first-order valence-corrected chi connectivity index (χ1v) is 12.4. The van der Waals surface area contributed by atoms with Gasteiger partial charge < -0.3 is 19.5 Å². The van der Waals surface area contributed by atoms with Gasteiger partial charge in [0.05, 0.1) is 25.4 Å². The topological polar surface area (TPSA) is 105 Å². The van der Waals surface area contributed by atoms with Crippen molar-refractivity contribution >= 4 is 22.6 Å². The smallest absolute Gasteiger partial charge is 0.268 e. The third-order valence-corrected chi connectivity index (χ3v) is 6.35. The van der Waals surface area contributed by atoms with E-state index in [0.29, 0.717) is 33.7 Å². The summed E-state index contributed by atoms with van der Waals surface area (Å²) < 4.78 is 46.3. The van der Waals surface area contributed by atoms with E-state index < -0.39 is 23.1 Å². The van der Waals surface area contributed by atoms with Crippen molar-refractivity contribution < 1.29 is 27.8 Å². The molecule has 0 spiro atoms. The number of aromatic nitrogens is 3. The van der Waals surface area contributed by atoms with E-state index in [0.717, 1.165) is 6.07 Å². The van der Waals surface area contributed by atoms with Gasteiger partial charge in [0.1, 0.15) is 16.9 Å². The van der Waals surface area contributed by atoms with Crippen molar-refractivity contribution in [3.05, 3.63) is 106 Å². The van der Waals surface area contributed by atoms with Crippen LogP contribution in [-0.2, 0) is 0 Å². The summed E-state index contributed by atoms with van der Waals surface area (Å²) in [5.74, 6) is -1.25. The van der Waals surface area contributed by atoms with Crippen LogP contribution in [0.15, 0.2) is 71.7 Å². The third kappa shape index (κ3) is 5.29. The highest BCUT2D eigenvalue weighted by atomic mass is 19.1. The van der Waals surface area contributed by atoms with E-state index in [1.807, 2.05) is 0 Å². The summed E-state index contributed by atoms with van der Waals surface area (Å²) in [7, 11) is 2.92. The van der Waals surface area contributed by atoms with E-state index in [4.69, 9.17) is 14.2 Å². The van der Waals surface area contributed by atoms with Gasteiger partial charge in [-0.05, 0) is 61.9 Å². The lowest BCUT2D eigenvalue weighted by Gasteiger charge is -2.15. The molecule has 0 fully saturated rings. The zero-order valence-electron chi connectivity index (χ0n) is 22.5. The molecule has 9 nitrogen and oxygen atoms in total. The van der Waals surface area contributed by atoms with Crippen LogP contribution in [-0.4, -0.2) is 34.7 Å². The number of aryl methyl sites for hydroxylation is 2. The van der Waals surface area contributed by atoms with Gasteiger partial charge in [0.2, 0.25) is 0 Å². The molecule has 0 aliphatic rings. The lowest BCUT2D eigenvalue weighted by Crippen LogP contribution is -2.29. The Balaban J connectivity index is 1.41. The highest BCUT2D eigenvalue weighted by molar-refractivity contribution is 6.04. The summed E-state index contributed by atoms with van der Waals surface area (Å²) in [4.78, 5) is 34.9. The van der Waals surface area contributed by atoms with Gasteiger partial charge in [0.15, 0.2) is 23.1 Å². The minimum atomic E-state index is -0.767. The monoisotopic (exact) mass is 558 g/mol. The Hall–Kier alpha value is -5.32. The predicted molar refractivity (Wildman–Crippen MR) is 149 cm³/mol. The maximum Gasteiger partial charge on any atom is 0.268 e. The number of amides is 1. The molecule has 1 amide bonds. The number of pyridine rings is 3. The Bertz CT molecular complexity index is 1870. The maximum absolute atomic E-state index is 15.1. The summed E-state index contributed by atoms with van der Waals surface area (Å²) in [5.41, 5.74) is 1.65. The molecular formula is C30H24F2N4O5. The van der Waals surface area contributed by atoms with Crippen molar-refractivity contribution in [3.63, 3.8) is 0 Å². The van der Waals surface area contributed by atoms with Crippen LogP contribution in [0.5, 0.6) is 23.1 Å². The molecule has 3 heterocycles. The average molecular weight is 559 g/mol. The summed E-state index contributed by atoms with van der Waals surface area (Å²) in [6.45, 7) is 3.37. The number of carbonyl (C=O) groups is 1. The number of hydrogen-bond donors (Lipinski definition) is 1. The highest BCUT2D eigenvalue weighted by Gasteiger charge is 2.18. The van der Waals surface area contributed by atoms with E-state index >= 15 is 4.39 Å². The Morgan fingerprint density at radius 3 is 2.41 bits per heavy atom. The van der Waals surface area contributed by atoms with Crippen LogP contribution < -0.4 is 25.1 Å². The third-order valence-electron chi connectivity index (χ3n) is 6.35. The first-order chi connectivity index (χ1) is 19.7. The van der Waals surface area contributed by atoms with Crippen molar-refractivity contribution in [1.29, 1.82) is 0 Å². The SMILES string of the molecule is COc1cc2nccc(Oc3ccc(NC(=O)c4ccc(C)n(-c5ccc(F)cc5C)c4=O)cc3F)c2nc1OC. The van der Waals surface area contributed by atoms with E-state index in [1.54, 1.807) is 26.0 Å². The molecule has 0 unspecified atom stereocenters.